The lowest BCUT2D eigenvalue weighted by Crippen LogP contribution is -2.32. The van der Waals surface area contributed by atoms with Gasteiger partial charge in [0.1, 0.15) is 5.60 Å². The molecular formula is C13H25ClN4O. The van der Waals surface area contributed by atoms with Crippen LogP contribution >= 0.6 is 11.6 Å². The molecule has 1 rings (SSSR count). The Balaban J connectivity index is 2.81. The summed E-state index contributed by atoms with van der Waals surface area (Å²) in [7, 11) is 4.02. The number of aliphatic hydroxyl groups is 1. The SMILES string of the molecule is CCNCCC(C)(O)c1c(Cl)cnn1CCN(C)C. The normalized spacial score (nSPS) is 14.9. The highest BCUT2D eigenvalue weighted by Gasteiger charge is 2.29. The Labute approximate surface area is 120 Å². The number of nitrogens with zero attached hydrogens (tertiary/aromatic N) is 3. The lowest BCUT2D eigenvalue weighted by molar-refractivity contribution is 0.0384. The second-order valence-electron chi connectivity index (χ2n) is 5.24. The van der Waals surface area contributed by atoms with Crippen LogP contribution in [0.4, 0.5) is 0 Å². The second-order valence-corrected chi connectivity index (χ2v) is 5.65. The third kappa shape index (κ3) is 4.76. The smallest absolute Gasteiger partial charge is 0.106 e. The van der Waals surface area contributed by atoms with Gasteiger partial charge in [0.15, 0.2) is 0 Å². The number of likely N-dealkylation sites (N-methyl/N-ethyl adjacent to an activating group) is 1. The second kappa shape index (κ2) is 7.24. The molecule has 0 fully saturated rings. The van der Waals surface area contributed by atoms with Gasteiger partial charge in [-0.05, 0) is 40.5 Å². The molecule has 19 heavy (non-hydrogen) atoms. The summed E-state index contributed by atoms with van der Waals surface area (Å²) in [6.45, 7) is 7.05. The summed E-state index contributed by atoms with van der Waals surface area (Å²) in [4.78, 5) is 2.08. The van der Waals surface area contributed by atoms with Gasteiger partial charge in [-0.3, -0.25) is 4.68 Å². The molecule has 1 heterocycles. The van der Waals surface area contributed by atoms with Crippen molar-refractivity contribution in [1.29, 1.82) is 0 Å². The quantitative estimate of drug-likeness (QED) is 0.708. The highest BCUT2D eigenvalue weighted by Crippen LogP contribution is 2.30. The van der Waals surface area contributed by atoms with Crippen molar-refractivity contribution in [1.82, 2.24) is 20.0 Å². The first-order chi connectivity index (χ1) is 8.88. The molecular weight excluding hydrogens is 264 g/mol. The Morgan fingerprint density at radius 1 is 1.53 bits per heavy atom. The average Bonchev–Trinajstić information content (AvgIpc) is 2.68. The molecule has 1 aromatic rings. The van der Waals surface area contributed by atoms with E-state index in [1.807, 2.05) is 21.0 Å². The van der Waals surface area contributed by atoms with Crippen LogP contribution in [-0.4, -0.2) is 53.5 Å². The van der Waals surface area contributed by atoms with Gasteiger partial charge in [0.2, 0.25) is 0 Å². The van der Waals surface area contributed by atoms with E-state index in [0.29, 0.717) is 23.7 Å². The summed E-state index contributed by atoms with van der Waals surface area (Å²) < 4.78 is 1.80. The minimum atomic E-state index is -0.970. The summed E-state index contributed by atoms with van der Waals surface area (Å²) >= 11 is 6.18. The highest BCUT2D eigenvalue weighted by molar-refractivity contribution is 6.31. The van der Waals surface area contributed by atoms with Crippen LogP contribution in [0.15, 0.2) is 6.20 Å². The zero-order chi connectivity index (χ0) is 14.5. The minimum absolute atomic E-state index is 0.528. The molecule has 110 valence electrons. The zero-order valence-corrected chi connectivity index (χ0v) is 13.0. The third-order valence-corrected chi connectivity index (χ3v) is 3.38. The van der Waals surface area contributed by atoms with Gasteiger partial charge in [-0.1, -0.05) is 18.5 Å². The van der Waals surface area contributed by atoms with Gasteiger partial charge >= 0.3 is 0 Å². The molecule has 1 aromatic heterocycles. The first-order valence-corrected chi connectivity index (χ1v) is 7.06. The Kier molecular flexibility index (Phi) is 6.26. The van der Waals surface area contributed by atoms with Crippen LogP contribution in [0.25, 0.3) is 0 Å². The van der Waals surface area contributed by atoms with E-state index in [9.17, 15) is 5.11 Å². The van der Waals surface area contributed by atoms with Crippen molar-refractivity contribution in [2.24, 2.45) is 0 Å². The van der Waals surface area contributed by atoms with E-state index in [-0.39, 0.29) is 0 Å². The van der Waals surface area contributed by atoms with Gasteiger partial charge < -0.3 is 15.3 Å². The fourth-order valence-corrected chi connectivity index (χ4v) is 2.33. The van der Waals surface area contributed by atoms with Crippen molar-refractivity contribution < 1.29 is 5.11 Å². The Bertz CT molecular complexity index is 390. The van der Waals surface area contributed by atoms with E-state index in [1.54, 1.807) is 17.8 Å². The Morgan fingerprint density at radius 2 is 2.21 bits per heavy atom. The maximum atomic E-state index is 10.6. The van der Waals surface area contributed by atoms with E-state index < -0.39 is 5.60 Å². The van der Waals surface area contributed by atoms with Crippen LogP contribution in [0, 0.1) is 0 Å². The number of rotatable bonds is 8. The summed E-state index contributed by atoms with van der Waals surface area (Å²) in [6.07, 6.45) is 2.21. The van der Waals surface area contributed by atoms with E-state index in [2.05, 4.69) is 15.3 Å². The molecule has 0 aliphatic rings. The molecule has 1 unspecified atom stereocenters. The van der Waals surface area contributed by atoms with Gasteiger partial charge in [-0.25, -0.2) is 0 Å². The molecule has 6 heteroatoms. The number of halogens is 1. The lowest BCUT2D eigenvalue weighted by Gasteiger charge is -2.25. The Morgan fingerprint density at radius 3 is 2.79 bits per heavy atom. The molecule has 1 atom stereocenters. The number of hydrogen-bond donors (Lipinski definition) is 2. The topological polar surface area (TPSA) is 53.3 Å². The van der Waals surface area contributed by atoms with Crippen molar-refractivity contribution in [3.05, 3.63) is 16.9 Å². The molecule has 0 radical (unpaired) electrons. The average molecular weight is 289 g/mol. The van der Waals surface area contributed by atoms with Crippen molar-refractivity contribution in [2.45, 2.75) is 32.4 Å². The molecule has 5 nitrogen and oxygen atoms in total. The zero-order valence-electron chi connectivity index (χ0n) is 12.3. The molecule has 0 aliphatic heterocycles. The predicted octanol–water partition coefficient (Wildman–Crippen LogP) is 1.31. The van der Waals surface area contributed by atoms with Crippen molar-refractivity contribution in [3.8, 4) is 0 Å². The van der Waals surface area contributed by atoms with E-state index in [4.69, 9.17) is 11.6 Å². The molecule has 0 amide bonds. The molecule has 0 aromatic carbocycles. The first-order valence-electron chi connectivity index (χ1n) is 6.68. The third-order valence-electron chi connectivity index (χ3n) is 3.10. The van der Waals surface area contributed by atoms with Crippen LogP contribution in [0.1, 0.15) is 26.0 Å². The van der Waals surface area contributed by atoms with Crippen molar-refractivity contribution in [3.63, 3.8) is 0 Å². The molecule has 0 bridgehead atoms. The maximum Gasteiger partial charge on any atom is 0.106 e. The van der Waals surface area contributed by atoms with Crippen LogP contribution in [0.2, 0.25) is 5.02 Å². The number of nitrogens with one attached hydrogen (secondary N) is 1. The molecule has 0 saturated carbocycles. The summed E-state index contributed by atoms with van der Waals surface area (Å²) in [5, 5.41) is 18.6. The molecule has 0 aliphatic carbocycles. The predicted molar refractivity (Wildman–Crippen MR) is 78.5 cm³/mol. The van der Waals surface area contributed by atoms with E-state index >= 15 is 0 Å². The number of hydrogen-bond acceptors (Lipinski definition) is 4. The Hall–Kier alpha value is -0.620. The van der Waals surface area contributed by atoms with E-state index in [1.165, 1.54) is 0 Å². The van der Waals surface area contributed by atoms with Crippen molar-refractivity contribution >= 4 is 11.6 Å². The fourth-order valence-electron chi connectivity index (χ4n) is 1.99. The first kappa shape index (κ1) is 16.4. The van der Waals surface area contributed by atoms with Crippen molar-refractivity contribution in [2.75, 3.05) is 33.7 Å². The lowest BCUT2D eigenvalue weighted by atomic mass is 9.98. The van der Waals surface area contributed by atoms with Crippen LogP contribution in [0.3, 0.4) is 0 Å². The molecule has 0 spiro atoms. The summed E-state index contributed by atoms with van der Waals surface area (Å²) in [6, 6.07) is 0. The van der Waals surface area contributed by atoms with Gasteiger partial charge in [0.05, 0.1) is 23.5 Å². The van der Waals surface area contributed by atoms with Crippen LogP contribution < -0.4 is 5.32 Å². The highest BCUT2D eigenvalue weighted by atomic mass is 35.5. The minimum Gasteiger partial charge on any atom is -0.384 e. The number of aromatic nitrogens is 2. The fraction of sp³-hybridized carbons (Fsp3) is 0.769. The van der Waals surface area contributed by atoms with Gasteiger partial charge in [0.25, 0.3) is 0 Å². The summed E-state index contributed by atoms with van der Waals surface area (Å²) in [5.74, 6) is 0. The standard InChI is InChI=1S/C13H25ClN4O/c1-5-15-7-6-13(2,19)12-11(14)10-16-18(12)9-8-17(3)4/h10,15,19H,5-9H2,1-4H3. The largest absolute Gasteiger partial charge is 0.384 e. The van der Waals surface area contributed by atoms with Gasteiger partial charge in [-0.15, -0.1) is 0 Å². The molecule has 2 N–H and O–H groups in total. The van der Waals surface area contributed by atoms with E-state index in [0.717, 1.165) is 19.6 Å². The van der Waals surface area contributed by atoms with Crippen LogP contribution in [-0.2, 0) is 12.1 Å². The van der Waals surface area contributed by atoms with Gasteiger partial charge in [0, 0.05) is 6.54 Å². The monoisotopic (exact) mass is 288 g/mol. The van der Waals surface area contributed by atoms with Crippen LogP contribution in [0.5, 0.6) is 0 Å². The summed E-state index contributed by atoms with van der Waals surface area (Å²) in [5.41, 5.74) is -0.267. The maximum absolute atomic E-state index is 10.6. The molecule has 0 saturated heterocycles. The van der Waals surface area contributed by atoms with Gasteiger partial charge in [-0.2, -0.15) is 5.10 Å².